The van der Waals surface area contributed by atoms with Crippen LogP contribution in [0.3, 0.4) is 0 Å². The summed E-state index contributed by atoms with van der Waals surface area (Å²) in [5.74, 6) is -0.568. The van der Waals surface area contributed by atoms with E-state index in [4.69, 9.17) is 5.11 Å². The Morgan fingerprint density at radius 3 is 3.00 bits per heavy atom. The minimum absolute atomic E-state index is 0.0639. The van der Waals surface area contributed by atoms with E-state index in [0.29, 0.717) is 12.2 Å². The van der Waals surface area contributed by atoms with Crippen molar-refractivity contribution >= 4 is 11.4 Å². The van der Waals surface area contributed by atoms with Crippen LogP contribution in [0.15, 0.2) is 24.4 Å². The molecule has 0 amide bonds. The minimum Gasteiger partial charge on any atom is -0.394 e. The molecule has 0 atom stereocenters. The second kappa shape index (κ2) is 6.06. The van der Waals surface area contributed by atoms with Gasteiger partial charge in [0.25, 0.3) is 5.69 Å². The lowest BCUT2D eigenvalue weighted by Crippen LogP contribution is -2.04. The highest BCUT2D eigenvalue weighted by Crippen LogP contribution is 2.25. The average Bonchev–Trinajstić information content (AvgIpc) is 2.84. The fourth-order valence-electron chi connectivity index (χ4n) is 1.63. The summed E-state index contributed by atoms with van der Waals surface area (Å²) in [6, 6.07) is 3.18. The second-order valence-corrected chi connectivity index (χ2v) is 3.97. The van der Waals surface area contributed by atoms with Gasteiger partial charge >= 0.3 is 0 Å². The fraction of sp³-hybridized carbons (Fsp3) is 0.273. The first kappa shape index (κ1) is 13.9. The monoisotopic (exact) mass is 281 g/mol. The first-order valence-electron chi connectivity index (χ1n) is 5.78. The van der Waals surface area contributed by atoms with Crippen LogP contribution in [0.5, 0.6) is 0 Å². The molecule has 0 radical (unpaired) electrons. The molecule has 1 aromatic heterocycles. The highest BCUT2D eigenvalue weighted by molar-refractivity contribution is 5.61. The summed E-state index contributed by atoms with van der Waals surface area (Å²) in [5, 5.41) is 29.9. The predicted octanol–water partition coefficient (Wildman–Crippen LogP) is 0.930. The van der Waals surface area contributed by atoms with E-state index >= 15 is 0 Å². The number of rotatable bonds is 6. The third-order valence-corrected chi connectivity index (χ3v) is 2.53. The predicted molar refractivity (Wildman–Crippen MR) is 67.5 cm³/mol. The van der Waals surface area contributed by atoms with Gasteiger partial charge in [0.05, 0.1) is 30.8 Å². The van der Waals surface area contributed by atoms with Crippen molar-refractivity contribution in [3.8, 4) is 0 Å². The summed E-state index contributed by atoms with van der Waals surface area (Å²) < 4.78 is 14.6. The van der Waals surface area contributed by atoms with E-state index in [0.717, 1.165) is 18.2 Å². The van der Waals surface area contributed by atoms with Crippen LogP contribution in [0.2, 0.25) is 0 Å². The Morgan fingerprint density at radius 2 is 2.30 bits per heavy atom. The van der Waals surface area contributed by atoms with Gasteiger partial charge in [0, 0.05) is 12.1 Å². The zero-order chi connectivity index (χ0) is 14.5. The van der Waals surface area contributed by atoms with E-state index in [9.17, 15) is 14.5 Å². The maximum absolute atomic E-state index is 13.1. The molecule has 0 bridgehead atoms. The van der Waals surface area contributed by atoms with E-state index in [1.54, 1.807) is 6.20 Å². The number of aliphatic hydroxyl groups is 1. The van der Waals surface area contributed by atoms with Crippen molar-refractivity contribution in [3.05, 3.63) is 46.0 Å². The summed E-state index contributed by atoms with van der Waals surface area (Å²) in [4.78, 5) is 10.2. The van der Waals surface area contributed by atoms with Gasteiger partial charge in [-0.25, -0.2) is 9.07 Å². The average molecular weight is 281 g/mol. The van der Waals surface area contributed by atoms with Gasteiger partial charge in [0.1, 0.15) is 17.2 Å². The Balaban J connectivity index is 2.09. The first-order valence-corrected chi connectivity index (χ1v) is 5.78. The van der Waals surface area contributed by atoms with Crippen molar-refractivity contribution in [1.29, 1.82) is 0 Å². The van der Waals surface area contributed by atoms with Crippen molar-refractivity contribution in [2.24, 2.45) is 0 Å². The van der Waals surface area contributed by atoms with Crippen LogP contribution in [0.25, 0.3) is 0 Å². The molecule has 8 nitrogen and oxygen atoms in total. The van der Waals surface area contributed by atoms with Crippen molar-refractivity contribution in [2.75, 3.05) is 11.9 Å². The molecule has 0 saturated heterocycles. The summed E-state index contributed by atoms with van der Waals surface area (Å²) in [5.41, 5.74) is 0.387. The lowest BCUT2D eigenvalue weighted by Gasteiger charge is -2.05. The number of halogens is 1. The molecule has 0 aliphatic heterocycles. The minimum atomic E-state index is -0.593. The van der Waals surface area contributed by atoms with Gasteiger partial charge in [-0.15, -0.1) is 5.10 Å². The summed E-state index contributed by atoms with van der Waals surface area (Å²) in [6.45, 7) is 0.411. The summed E-state index contributed by atoms with van der Waals surface area (Å²) in [6.07, 6.45) is 1.59. The number of benzene rings is 1. The number of hydrogen-bond acceptors (Lipinski definition) is 6. The van der Waals surface area contributed by atoms with Gasteiger partial charge in [-0.3, -0.25) is 10.1 Å². The van der Waals surface area contributed by atoms with E-state index < -0.39 is 10.7 Å². The van der Waals surface area contributed by atoms with Gasteiger partial charge in [0.15, 0.2) is 0 Å². The van der Waals surface area contributed by atoms with Crippen LogP contribution >= 0.6 is 0 Å². The molecule has 2 aromatic rings. The van der Waals surface area contributed by atoms with Gasteiger partial charge in [-0.1, -0.05) is 5.21 Å². The van der Waals surface area contributed by atoms with Crippen molar-refractivity contribution in [2.45, 2.75) is 13.1 Å². The molecule has 0 aliphatic carbocycles. The highest BCUT2D eigenvalue weighted by Gasteiger charge is 2.14. The number of nitro groups is 1. The van der Waals surface area contributed by atoms with Crippen molar-refractivity contribution in [3.63, 3.8) is 0 Å². The van der Waals surface area contributed by atoms with E-state index in [1.807, 2.05) is 0 Å². The molecule has 2 rings (SSSR count). The fourth-order valence-corrected chi connectivity index (χ4v) is 1.63. The molecule has 1 heterocycles. The number of nitrogens with one attached hydrogen (secondary N) is 1. The molecule has 106 valence electrons. The first-order chi connectivity index (χ1) is 9.60. The second-order valence-electron chi connectivity index (χ2n) is 3.97. The number of aliphatic hydroxyl groups excluding tert-OH is 1. The number of nitro benzene ring substituents is 1. The van der Waals surface area contributed by atoms with Gasteiger partial charge < -0.3 is 10.4 Å². The number of hydrogen-bond donors (Lipinski definition) is 2. The maximum Gasteiger partial charge on any atom is 0.292 e. The summed E-state index contributed by atoms with van der Waals surface area (Å²) >= 11 is 0. The number of aromatic nitrogens is 3. The van der Waals surface area contributed by atoms with Crippen LogP contribution in [-0.2, 0) is 13.1 Å². The summed E-state index contributed by atoms with van der Waals surface area (Å²) in [7, 11) is 0. The Kier molecular flexibility index (Phi) is 4.20. The van der Waals surface area contributed by atoms with Gasteiger partial charge in [0.2, 0.25) is 0 Å². The Morgan fingerprint density at radius 1 is 1.50 bits per heavy atom. The molecule has 0 fully saturated rings. The van der Waals surface area contributed by atoms with Crippen LogP contribution in [0.4, 0.5) is 15.8 Å². The van der Waals surface area contributed by atoms with Crippen LogP contribution in [0.1, 0.15) is 5.69 Å². The van der Waals surface area contributed by atoms with Crippen molar-refractivity contribution in [1.82, 2.24) is 15.0 Å². The maximum atomic E-state index is 13.1. The standard InChI is InChI=1S/C11H12FN5O3/c12-8-1-2-11(17(19)20)10(5-8)13-6-9-7-16(3-4-18)15-14-9/h1-2,5,7,13,18H,3-4,6H2. The van der Waals surface area contributed by atoms with Gasteiger partial charge in [-0.05, 0) is 6.07 Å². The molecule has 0 aliphatic rings. The Labute approximate surface area is 113 Å². The molecular formula is C11H12FN5O3. The Bertz CT molecular complexity index is 616. The van der Waals surface area contributed by atoms with Crippen molar-refractivity contribution < 1.29 is 14.4 Å². The molecule has 0 saturated carbocycles. The largest absolute Gasteiger partial charge is 0.394 e. The van der Waals surface area contributed by atoms with E-state index in [-0.39, 0.29) is 24.5 Å². The van der Waals surface area contributed by atoms with Crippen LogP contribution < -0.4 is 5.32 Å². The van der Waals surface area contributed by atoms with Crippen LogP contribution in [0, 0.1) is 15.9 Å². The van der Waals surface area contributed by atoms with Crippen LogP contribution in [-0.4, -0.2) is 31.6 Å². The molecule has 2 N–H and O–H groups in total. The lowest BCUT2D eigenvalue weighted by atomic mass is 10.2. The lowest BCUT2D eigenvalue weighted by molar-refractivity contribution is -0.384. The molecule has 0 spiro atoms. The molecular weight excluding hydrogens is 269 g/mol. The zero-order valence-corrected chi connectivity index (χ0v) is 10.4. The molecule has 1 aromatic carbocycles. The molecule has 20 heavy (non-hydrogen) atoms. The smallest absolute Gasteiger partial charge is 0.292 e. The number of anilines is 1. The Hall–Kier alpha value is -2.55. The molecule has 0 unspecified atom stereocenters. The highest BCUT2D eigenvalue weighted by atomic mass is 19.1. The zero-order valence-electron chi connectivity index (χ0n) is 10.4. The molecule has 9 heteroatoms. The van der Waals surface area contributed by atoms with E-state index in [2.05, 4.69) is 15.6 Å². The number of nitrogens with zero attached hydrogens (tertiary/aromatic N) is 4. The topological polar surface area (TPSA) is 106 Å². The van der Waals surface area contributed by atoms with Gasteiger partial charge in [-0.2, -0.15) is 0 Å². The third-order valence-electron chi connectivity index (χ3n) is 2.53. The quantitative estimate of drug-likeness (QED) is 0.602. The van der Waals surface area contributed by atoms with E-state index in [1.165, 1.54) is 4.68 Å². The SMILES string of the molecule is O=[N+]([O-])c1ccc(F)cc1NCc1cn(CCO)nn1. The normalized spacial score (nSPS) is 10.5. The third kappa shape index (κ3) is 3.26.